The molecular weight excluding hydrogens is 222 g/mol. The zero-order valence-corrected chi connectivity index (χ0v) is 10.9. The lowest BCUT2D eigenvalue weighted by atomic mass is 9.79. The summed E-state index contributed by atoms with van der Waals surface area (Å²) in [5.41, 5.74) is 2.73. The highest BCUT2D eigenvalue weighted by molar-refractivity contribution is 5.33. The normalized spacial score (nSPS) is 26.6. The topological polar surface area (TPSA) is 32.3 Å². The van der Waals surface area contributed by atoms with Crippen LogP contribution in [0.25, 0.3) is 0 Å². The molecule has 2 heteroatoms. The Hall–Kier alpha value is -0.860. The summed E-state index contributed by atoms with van der Waals surface area (Å²) in [4.78, 5) is 0. The molecule has 1 aliphatic heterocycles. The molecule has 0 saturated heterocycles. The van der Waals surface area contributed by atoms with E-state index in [-0.39, 0.29) is 12.1 Å². The summed E-state index contributed by atoms with van der Waals surface area (Å²) in [6.07, 6.45) is 7.18. The average molecular weight is 245 g/mol. The van der Waals surface area contributed by atoms with E-state index in [4.69, 9.17) is 0 Å². The molecule has 1 aliphatic carbocycles. The van der Waals surface area contributed by atoms with Gasteiger partial charge in [-0.05, 0) is 42.9 Å². The zero-order chi connectivity index (χ0) is 12.4. The van der Waals surface area contributed by atoms with E-state index < -0.39 is 0 Å². The molecule has 1 aromatic rings. The first-order chi connectivity index (χ1) is 8.86. The molecule has 2 atom stereocenters. The second kappa shape index (κ2) is 5.41. The largest absolute Gasteiger partial charge is 0.391 e. The van der Waals surface area contributed by atoms with Crippen LogP contribution in [0, 0.1) is 5.92 Å². The molecule has 98 valence electrons. The third-order valence-corrected chi connectivity index (χ3v) is 4.62. The summed E-state index contributed by atoms with van der Waals surface area (Å²) in [6, 6.07) is 8.73. The highest BCUT2D eigenvalue weighted by Gasteiger charge is 2.32. The van der Waals surface area contributed by atoms with E-state index in [0.717, 1.165) is 13.0 Å². The van der Waals surface area contributed by atoms with Crippen molar-refractivity contribution >= 4 is 0 Å². The highest BCUT2D eigenvalue weighted by Crippen LogP contribution is 2.34. The van der Waals surface area contributed by atoms with Gasteiger partial charge in [-0.3, -0.25) is 0 Å². The van der Waals surface area contributed by atoms with Gasteiger partial charge in [0.05, 0.1) is 12.1 Å². The Kier molecular flexibility index (Phi) is 3.67. The molecule has 0 radical (unpaired) electrons. The molecule has 0 spiro atoms. The Morgan fingerprint density at radius 3 is 2.72 bits per heavy atom. The molecule has 0 aromatic heterocycles. The minimum atomic E-state index is -0.216. The van der Waals surface area contributed by atoms with Gasteiger partial charge in [0.2, 0.25) is 0 Å². The fraction of sp³-hybridized carbons (Fsp3) is 0.625. The van der Waals surface area contributed by atoms with Gasteiger partial charge in [0.1, 0.15) is 0 Å². The van der Waals surface area contributed by atoms with Crippen LogP contribution >= 0.6 is 0 Å². The number of fused-ring (bicyclic) bond motifs is 1. The lowest BCUT2D eigenvalue weighted by molar-refractivity contribution is 0.0476. The zero-order valence-electron chi connectivity index (χ0n) is 10.9. The predicted octanol–water partition coefficient (Wildman–Crippen LogP) is 2.81. The Bertz CT molecular complexity index is 398. The third-order valence-electron chi connectivity index (χ3n) is 4.62. The van der Waals surface area contributed by atoms with Crippen LogP contribution in [0.2, 0.25) is 0 Å². The lowest BCUT2D eigenvalue weighted by Gasteiger charge is -2.36. The molecule has 2 N–H and O–H groups in total. The molecule has 0 bridgehead atoms. The maximum atomic E-state index is 10.7. The van der Waals surface area contributed by atoms with Crippen molar-refractivity contribution in [3.05, 3.63) is 35.4 Å². The Morgan fingerprint density at radius 2 is 1.89 bits per heavy atom. The van der Waals surface area contributed by atoms with Crippen molar-refractivity contribution in [2.75, 3.05) is 6.54 Å². The second-order valence-corrected chi connectivity index (χ2v) is 5.77. The first-order valence-electron chi connectivity index (χ1n) is 7.35. The van der Waals surface area contributed by atoms with E-state index in [9.17, 15) is 5.11 Å². The molecule has 2 unspecified atom stereocenters. The SMILES string of the molecule is OC(C1CCCCC1)C1NCCc2ccccc21. The van der Waals surface area contributed by atoms with Crippen LogP contribution < -0.4 is 5.32 Å². The van der Waals surface area contributed by atoms with E-state index in [1.165, 1.54) is 43.2 Å². The number of hydrogen-bond acceptors (Lipinski definition) is 2. The van der Waals surface area contributed by atoms with Crippen LogP contribution in [-0.2, 0) is 6.42 Å². The van der Waals surface area contributed by atoms with Crippen molar-refractivity contribution in [1.82, 2.24) is 5.32 Å². The summed E-state index contributed by atoms with van der Waals surface area (Å²) in [5.74, 6) is 0.488. The molecular formula is C16H23NO. The molecule has 1 saturated carbocycles. The van der Waals surface area contributed by atoms with Gasteiger partial charge in [-0.1, -0.05) is 43.5 Å². The Labute approximate surface area is 109 Å². The smallest absolute Gasteiger partial charge is 0.0763 e. The van der Waals surface area contributed by atoms with Gasteiger partial charge in [0.25, 0.3) is 0 Å². The fourth-order valence-corrected chi connectivity index (χ4v) is 3.59. The van der Waals surface area contributed by atoms with Gasteiger partial charge in [0, 0.05) is 0 Å². The first kappa shape index (κ1) is 12.2. The average Bonchev–Trinajstić information content (AvgIpc) is 2.47. The lowest BCUT2D eigenvalue weighted by Crippen LogP contribution is -2.41. The molecule has 1 fully saturated rings. The van der Waals surface area contributed by atoms with Crippen LogP contribution in [0.4, 0.5) is 0 Å². The van der Waals surface area contributed by atoms with Gasteiger partial charge >= 0.3 is 0 Å². The third kappa shape index (κ3) is 2.32. The van der Waals surface area contributed by atoms with Crippen molar-refractivity contribution in [3.8, 4) is 0 Å². The van der Waals surface area contributed by atoms with Crippen LogP contribution in [-0.4, -0.2) is 17.8 Å². The quantitative estimate of drug-likeness (QED) is 0.839. The number of benzene rings is 1. The van der Waals surface area contributed by atoms with Gasteiger partial charge in [0.15, 0.2) is 0 Å². The molecule has 1 aromatic carbocycles. The number of hydrogen-bond donors (Lipinski definition) is 2. The molecule has 2 aliphatic rings. The summed E-state index contributed by atoms with van der Waals surface area (Å²) in [7, 11) is 0. The fourth-order valence-electron chi connectivity index (χ4n) is 3.59. The summed E-state index contributed by atoms with van der Waals surface area (Å²) in [5, 5.41) is 14.2. The van der Waals surface area contributed by atoms with Gasteiger partial charge in [-0.15, -0.1) is 0 Å². The minimum absolute atomic E-state index is 0.151. The number of aliphatic hydroxyl groups is 1. The molecule has 2 nitrogen and oxygen atoms in total. The number of rotatable bonds is 2. The van der Waals surface area contributed by atoms with Crippen molar-refractivity contribution < 1.29 is 5.11 Å². The van der Waals surface area contributed by atoms with E-state index in [2.05, 4.69) is 29.6 Å². The van der Waals surface area contributed by atoms with Crippen LogP contribution in [0.3, 0.4) is 0 Å². The summed E-state index contributed by atoms with van der Waals surface area (Å²) in [6.45, 7) is 0.992. The maximum Gasteiger partial charge on any atom is 0.0763 e. The van der Waals surface area contributed by atoms with Gasteiger partial charge in [-0.2, -0.15) is 0 Å². The van der Waals surface area contributed by atoms with Crippen LogP contribution in [0.5, 0.6) is 0 Å². The summed E-state index contributed by atoms with van der Waals surface area (Å²) < 4.78 is 0. The number of aliphatic hydroxyl groups excluding tert-OH is 1. The van der Waals surface area contributed by atoms with E-state index in [0.29, 0.717) is 5.92 Å². The van der Waals surface area contributed by atoms with Gasteiger partial charge in [-0.25, -0.2) is 0 Å². The van der Waals surface area contributed by atoms with Crippen molar-refractivity contribution in [2.45, 2.75) is 50.7 Å². The van der Waals surface area contributed by atoms with E-state index >= 15 is 0 Å². The van der Waals surface area contributed by atoms with Crippen molar-refractivity contribution in [3.63, 3.8) is 0 Å². The second-order valence-electron chi connectivity index (χ2n) is 5.77. The maximum absolute atomic E-state index is 10.7. The van der Waals surface area contributed by atoms with E-state index in [1.54, 1.807) is 0 Å². The monoisotopic (exact) mass is 245 g/mol. The first-order valence-corrected chi connectivity index (χ1v) is 7.35. The highest BCUT2D eigenvalue weighted by atomic mass is 16.3. The van der Waals surface area contributed by atoms with Crippen molar-refractivity contribution in [2.24, 2.45) is 5.92 Å². The van der Waals surface area contributed by atoms with Crippen LogP contribution in [0.15, 0.2) is 24.3 Å². The standard InChI is InChI=1S/C16H23NO/c18-16(13-7-2-1-3-8-13)15-14-9-5-4-6-12(14)10-11-17-15/h4-6,9,13,15-18H,1-3,7-8,10-11H2. The Balaban J connectivity index is 1.80. The van der Waals surface area contributed by atoms with Gasteiger partial charge < -0.3 is 10.4 Å². The molecule has 0 amide bonds. The molecule has 1 heterocycles. The Morgan fingerprint density at radius 1 is 1.11 bits per heavy atom. The van der Waals surface area contributed by atoms with Crippen LogP contribution in [0.1, 0.15) is 49.3 Å². The molecule has 18 heavy (non-hydrogen) atoms. The molecule has 3 rings (SSSR count). The minimum Gasteiger partial charge on any atom is -0.391 e. The predicted molar refractivity (Wildman–Crippen MR) is 73.5 cm³/mol. The van der Waals surface area contributed by atoms with Crippen molar-refractivity contribution in [1.29, 1.82) is 0 Å². The summed E-state index contributed by atoms with van der Waals surface area (Å²) >= 11 is 0. The number of nitrogens with one attached hydrogen (secondary N) is 1. The van der Waals surface area contributed by atoms with E-state index in [1.807, 2.05) is 0 Å².